The van der Waals surface area contributed by atoms with Crippen molar-refractivity contribution >= 4 is 23.6 Å². The molecular weight excluding hydrogens is 584 g/mol. The van der Waals surface area contributed by atoms with E-state index in [1.54, 1.807) is 31.6 Å². The van der Waals surface area contributed by atoms with E-state index in [0.717, 1.165) is 11.1 Å². The molecule has 10 nitrogen and oxygen atoms in total. The maximum Gasteiger partial charge on any atom is 0.410 e. The number of likely N-dealkylation sites (tertiary alicyclic amines) is 1. The van der Waals surface area contributed by atoms with Gasteiger partial charge in [-0.1, -0.05) is 69.3 Å². The number of methoxy groups -OCH3 is 1. The van der Waals surface area contributed by atoms with Gasteiger partial charge in [0.25, 0.3) is 5.91 Å². The van der Waals surface area contributed by atoms with Crippen molar-refractivity contribution in [1.82, 2.24) is 15.2 Å². The van der Waals surface area contributed by atoms with E-state index in [9.17, 15) is 14.4 Å². The monoisotopic (exact) mass is 628 g/mol. The summed E-state index contributed by atoms with van der Waals surface area (Å²) in [6.07, 6.45) is 3.86. The lowest BCUT2D eigenvalue weighted by Crippen LogP contribution is -2.53. The van der Waals surface area contributed by atoms with Crippen LogP contribution in [0.1, 0.15) is 62.8 Å². The Morgan fingerprint density at radius 2 is 1.74 bits per heavy atom. The Balaban J connectivity index is 1.52. The van der Waals surface area contributed by atoms with Crippen LogP contribution in [0.4, 0.5) is 10.5 Å². The van der Waals surface area contributed by atoms with Gasteiger partial charge in [0.2, 0.25) is 5.91 Å². The maximum atomic E-state index is 14.9. The molecule has 1 aromatic heterocycles. The summed E-state index contributed by atoms with van der Waals surface area (Å²) in [6.45, 7) is 7.72. The lowest BCUT2D eigenvalue weighted by molar-refractivity contribution is -0.129. The first-order chi connectivity index (χ1) is 22.2. The van der Waals surface area contributed by atoms with Crippen molar-refractivity contribution in [3.05, 3.63) is 95.8 Å². The van der Waals surface area contributed by atoms with Crippen LogP contribution in [0.2, 0.25) is 0 Å². The molecule has 2 saturated heterocycles. The first-order valence-corrected chi connectivity index (χ1v) is 15.9. The van der Waals surface area contributed by atoms with Gasteiger partial charge in [0.1, 0.15) is 18.7 Å². The Morgan fingerprint density at radius 1 is 1.02 bits per heavy atom. The highest BCUT2D eigenvalue weighted by molar-refractivity contribution is 6.05. The smallest absolute Gasteiger partial charge is 0.410 e. The third-order valence-corrected chi connectivity index (χ3v) is 8.64. The molecule has 2 aliphatic heterocycles. The van der Waals surface area contributed by atoms with Crippen LogP contribution in [0.25, 0.3) is 0 Å². The number of nitrogens with one attached hydrogen (secondary N) is 1. The Hall–Kier alpha value is -4.28. The highest BCUT2D eigenvalue weighted by atomic mass is 16.6. The van der Waals surface area contributed by atoms with Crippen LogP contribution in [0.3, 0.4) is 0 Å². The van der Waals surface area contributed by atoms with Crippen LogP contribution in [-0.2, 0) is 35.8 Å². The predicted octanol–water partition coefficient (Wildman–Crippen LogP) is 5.17. The molecule has 0 aliphatic carbocycles. The molecule has 0 saturated carbocycles. The summed E-state index contributed by atoms with van der Waals surface area (Å²) in [5, 5.41) is 3.17. The third-order valence-electron chi connectivity index (χ3n) is 8.64. The van der Waals surface area contributed by atoms with Gasteiger partial charge < -0.3 is 19.5 Å². The number of anilines is 1. The molecule has 10 heteroatoms. The number of nitrogens with zero attached hydrogens (tertiary/aromatic N) is 3. The van der Waals surface area contributed by atoms with Gasteiger partial charge in [0, 0.05) is 56.4 Å². The first kappa shape index (κ1) is 33.1. The fraction of sp³-hybridized carbons (Fsp3) is 0.444. The molecule has 0 spiro atoms. The number of pyridine rings is 1. The van der Waals surface area contributed by atoms with E-state index in [-0.39, 0.29) is 43.0 Å². The predicted molar refractivity (Wildman–Crippen MR) is 174 cm³/mol. The highest BCUT2D eigenvalue weighted by Gasteiger charge is 2.46. The van der Waals surface area contributed by atoms with Gasteiger partial charge in [-0.05, 0) is 47.6 Å². The average molecular weight is 629 g/mol. The van der Waals surface area contributed by atoms with Gasteiger partial charge in [-0.15, -0.1) is 0 Å². The van der Waals surface area contributed by atoms with Crippen LogP contribution in [0.5, 0.6) is 0 Å². The van der Waals surface area contributed by atoms with Crippen molar-refractivity contribution in [3.8, 4) is 0 Å². The number of hydrogen-bond donors (Lipinski definition) is 1. The second kappa shape index (κ2) is 14.9. The van der Waals surface area contributed by atoms with Crippen molar-refractivity contribution < 1.29 is 28.6 Å². The minimum absolute atomic E-state index is 0.0680. The summed E-state index contributed by atoms with van der Waals surface area (Å²) in [4.78, 5) is 49.9. The van der Waals surface area contributed by atoms with Crippen molar-refractivity contribution in [2.24, 2.45) is 0 Å². The Kier molecular flexibility index (Phi) is 10.7. The molecule has 1 unspecified atom stereocenters. The molecule has 3 aromatic rings. The lowest BCUT2D eigenvalue weighted by atomic mass is 9.87. The minimum atomic E-state index is -1.05. The topological polar surface area (TPSA) is 110 Å². The molecule has 5 rings (SSSR count). The normalized spacial score (nSPS) is 19.3. The molecule has 3 atom stereocenters. The molecule has 2 aliphatic rings. The van der Waals surface area contributed by atoms with E-state index in [4.69, 9.17) is 14.2 Å². The number of rotatable bonds is 9. The van der Waals surface area contributed by atoms with E-state index in [0.29, 0.717) is 37.3 Å². The number of carbonyl (C=O) groups excluding carboxylic acids is 3. The molecule has 1 N–H and O–H groups in total. The van der Waals surface area contributed by atoms with E-state index < -0.39 is 24.1 Å². The number of hydrogen-bond acceptors (Lipinski definition) is 7. The number of carbonyl (C=O) groups is 3. The second-order valence-corrected chi connectivity index (χ2v) is 12.9. The summed E-state index contributed by atoms with van der Waals surface area (Å²) in [5.74, 6) is -0.733. The molecular formula is C36H44N4O6. The zero-order valence-electron chi connectivity index (χ0n) is 27.1. The van der Waals surface area contributed by atoms with Gasteiger partial charge in [-0.25, -0.2) is 4.79 Å². The van der Waals surface area contributed by atoms with Gasteiger partial charge in [-0.2, -0.15) is 0 Å². The summed E-state index contributed by atoms with van der Waals surface area (Å²) in [7, 11) is 1.56. The fourth-order valence-electron chi connectivity index (χ4n) is 5.97. The van der Waals surface area contributed by atoms with E-state index in [1.165, 1.54) is 9.80 Å². The molecule has 0 bridgehead atoms. The zero-order chi connectivity index (χ0) is 32.7. The van der Waals surface area contributed by atoms with Crippen molar-refractivity contribution in [2.45, 2.75) is 76.3 Å². The van der Waals surface area contributed by atoms with Gasteiger partial charge in [0.05, 0.1) is 12.6 Å². The number of aromatic nitrogens is 1. The standard InChI is InChI=1S/C36H44N4O6/c1-36(2,3)27-12-14-29(15-13-27)40(32(26-11-8-18-37-22-26)33(41)38-28-16-19-45-20-17-28)34(42)31-21-30(44-4)23-39(31)35(43)46-24-25-9-6-5-7-10-25/h5-15,18,22,28,30-32H,16-17,19-21,23-24H2,1-4H3,(H,38,41)/t30-,31-,32?/m1/s1. The number of ether oxygens (including phenoxy) is 3. The minimum Gasteiger partial charge on any atom is -0.445 e. The summed E-state index contributed by atoms with van der Waals surface area (Å²) >= 11 is 0. The molecule has 2 fully saturated rings. The number of amides is 3. The Bertz CT molecular complexity index is 1460. The Morgan fingerprint density at radius 3 is 2.37 bits per heavy atom. The molecule has 46 heavy (non-hydrogen) atoms. The first-order valence-electron chi connectivity index (χ1n) is 15.9. The third kappa shape index (κ3) is 7.92. The zero-order valence-corrected chi connectivity index (χ0v) is 27.1. The second-order valence-electron chi connectivity index (χ2n) is 12.9. The molecule has 0 radical (unpaired) electrons. The molecule has 244 valence electrons. The lowest BCUT2D eigenvalue weighted by Gasteiger charge is -2.36. The summed E-state index contributed by atoms with van der Waals surface area (Å²) in [6, 6.07) is 18.6. The van der Waals surface area contributed by atoms with Crippen molar-refractivity contribution in [3.63, 3.8) is 0 Å². The molecule has 2 aromatic carbocycles. The average Bonchev–Trinajstić information content (AvgIpc) is 3.52. The summed E-state index contributed by atoms with van der Waals surface area (Å²) in [5.41, 5.74) is 2.89. The number of benzene rings is 2. The Labute approximate surface area is 271 Å². The summed E-state index contributed by atoms with van der Waals surface area (Å²) < 4.78 is 16.8. The largest absolute Gasteiger partial charge is 0.445 e. The van der Waals surface area contributed by atoms with Crippen LogP contribution in [0.15, 0.2) is 79.1 Å². The fourth-order valence-corrected chi connectivity index (χ4v) is 5.97. The van der Waals surface area contributed by atoms with Crippen molar-refractivity contribution in [1.29, 1.82) is 0 Å². The molecule has 3 heterocycles. The van der Waals surface area contributed by atoms with E-state index in [2.05, 4.69) is 31.1 Å². The SMILES string of the molecule is CO[C@@H]1C[C@H](C(=O)N(c2ccc(C(C)(C)C)cc2)C(C(=O)NC2CCOCC2)c2cccnc2)N(C(=O)OCc2ccccc2)C1. The van der Waals surface area contributed by atoms with Crippen LogP contribution in [-0.4, -0.2) is 72.8 Å². The van der Waals surface area contributed by atoms with Gasteiger partial charge >= 0.3 is 6.09 Å². The van der Waals surface area contributed by atoms with Gasteiger partial charge in [0.15, 0.2) is 0 Å². The van der Waals surface area contributed by atoms with E-state index in [1.807, 2.05) is 54.6 Å². The van der Waals surface area contributed by atoms with E-state index >= 15 is 0 Å². The quantitative estimate of drug-likeness (QED) is 0.348. The van der Waals surface area contributed by atoms with Crippen molar-refractivity contribution in [2.75, 3.05) is 31.8 Å². The van der Waals surface area contributed by atoms with Crippen LogP contribution < -0.4 is 10.2 Å². The maximum absolute atomic E-state index is 14.9. The van der Waals surface area contributed by atoms with Crippen LogP contribution in [0, 0.1) is 0 Å². The highest BCUT2D eigenvalue weighted by Crippen LogP contribution is 2.34. The van der Waals surface area contributed by atoms with Gasteiger partial charge in [-0.3, -0.25) is 24.4 Å². The van der Waals surface area contributed by atoms with Crippen LogP contribution >= 0.6 is 0 Å². The molecule has 3 amide bonds.